The van der Waals surface area contributed by atoms with Crippen molar-refractivity contribution < 1.29 is 24.2 Å². The number of nitrogens with one attached hydrogen (secondary N) is 2. The zero-order valence-electron chi connectivity index (χ0n) is 21.4. The third-order valence-corrected chi connectivity index (χ3v) is 8.62. The van der Waals surface area contributed by atoms with Crippen LogP contribution in [0.3, 0.4) is 0 Å². The Balaban J connectivity index is 1.72. The van der Waals surface area contributed by atoms with E-state index in [1.54, 1.807) is 17.0 Å². The number of halogens is 1. The van der Waals surface area contributed by atoms with Gasteiger partial charge in [0.2, 0.25) is 17.7 Å². The monoisotopic (exact) mass is 563 g/mol. The molecule has 198 valence electrons. The smallest absolute Gasteiger partial charge is 0.246 e. The highest BCUT2D eigenvalue weighted by Crippen LogP contribution is 2.60. The van der Waals surface area contributed by atoms with Gasteiger partial charge >= 0.3 is 0 Å². The van der Waals surface area contributed by atoms with E-state index in [0.29, 0.717) is 18.5 Å². The number of nitrogens with zero attached hydrogens (tertiary/aromatic N) is 1. The highest BCUT2D eigenvalue weighted by molar-refractivity contribution is 9.09. The topological polar surface area (TPSA) is 108 Å². The Morgan fingerprint density at radius 1 is 1.22 bits per heavy atom. The molecule has 9 heteroatoms. The summed E-state index contributed by atoms with van der Waals surface area (Å²) in [5.41, 5.74) is -0.488. The van der Waals surface area contributed by atoms with E-state index in [4.69, 9.17) is 4.74 Å². The molecule has 3 N–H and O–H groups in total. The van der Waals surface area contributed by atoms with E-state index < -0.39 is 35.6 Å². The largest absolute Gasteiger partial charge is 0.394 e. The van der Waals surface area contributed by atoms with Crippen LogP contribution in [0.15, 0.2) is 30.3 Å². The van der Waals surface area contributed by atoms with E-state index in [1.165, 1.54) is 0 Å². The van der Waals surface area contributed by atoms with Crippen LogP contribution >= 0.6 is 15.9 Å². The summed E-state index contributed by atoms with van der Waals surface area (Å²) in [6.07, 6.45) is 2.19. The fourth-order valence-corrected chi connectivity index (χ4v) is 7.40. The Labute approximate surface area is 221 Å². The second-order valence-corrected chi connectivity index (χ2v) is 12.1. The third-order valence-electron chi connectivity index (χ3n) is 7.78. The summed E-state index contributed by atoms with van der Waals surface area (Å²) in [6, 6.07) is 7.61. The minimum Gasteiger partial charge on any atom is -0.394 e. The molecule has 3 fully saturated rings. The summed E-state index contributed by atoms with van der Waals surface area (Å²) in [4.78, 5) is 42.9. The SMILES string of the molecule is CCCC(C)NC(=O)C1N([C@@H](CO)CC(C)C)C(=O)[C@@H]2[C@H](C(=O)Nc3ccccc3)[C@H]3OC12CC3Br. The molecule has 1 aromatic carbocycles. The highest BCUT2D eigenvalue weighted by Gasteiger charge is 2.77. The molecule has 1 aromatic rings. The number of alkyl halides is 1. The molecule has 3 saturated heterocycles. The Morgan fingerprint density at radius 3 is 2.53 bits per heavy atom. The first-order valence-corrected chi connectivity index (χ1v) is 14.0. The molecule has 4 rings (SSSR count). The lowest BCUT2D eigenvalue weighted by molar-refractivity contribution is -0.145. The molecule has 1 spiro atoms. The zero-order valence-corrected chi connectivity index (χ0v) is 23.0. The van der Waals surface area contributed by atoms with Crippen molar-refractivity contribution in [3.8, 4) is 0 Å². The first-order chi connectivity index (χ1) is 17.1. The van der Waals surface area contributed by atoms with Gasteiger partial charge in [0.1, 0.15) is 11.6 Å². The number of anilines is 1. The van der Waals surface area contributed by atoms with Crippen LogP contribution in [0.1, 0.15) is 53.4 Å². The van der Waals surface area contributed by atoms with Crippen LogP contribution in [0, 0.1) is 17.8 Å². The minimum atomic E-state index is -1.13. The standard InChI is InChI=1S/C27H38BrN3O5/c1-5-9-16(4)29-25(34)23-27-13-19(28)22(36-27)20(24(33)30-17-10-7-6-8-11-17)21(27)26(35)31(23)18(14-32)12-15(2)3/h6-8,10-11,15-16,18-23,32H,5,9,12-14H2,1-4H3,(H,29,34)(H,30,33)/t16?,18-,19?,20+,21+,22+,23?,27?/m1/s1. The molecule has 3 aliphatic rings. The molecule has 3 heterocycles. The molecule has 36 heavy (non-hydrogen) atoms. The van der Waals surface area contributed by atoms with E-state index >= 15 is 0 Å². The van der Waals surface area contributed by atoms with Gasteiger partial charge in [-0.3, -0.25) is 14.4 Å². The normalized spacial score (nSPS) is 32.5. The number of rotatable bonds is 10. The lowest BCUT2D eigenvalue weighted by atomic mass is 9.70. The molecule has 3 aliphatic heterocycles. The molecule has 0 aromatic heterocycles. The van der Waals surface area contributed by atoms with Gasteiger partial charge in [-0.15, -0.1) is 0 Å². The lowest BCUT2D eigenvalue weighted by Crippen LogP contribution is -2.59. The maximum absolute atomic E-state index is 14.1. The van der Waals surface area contributed by atoms with Gasteiger partial charge in [0, 0.05) is 16.6 Å². The van der Waals surface area contributed by atoms with Crippen LogP contribution in [0.5, 0.6) is 0 Å². The second-order valence-electron chi connectivity index (χ2n) is 10.9. The van der Waals surface area contributed by atoms with Gasteiger partial charge in [0.15, 0.2) is 0 Å². The number of carbonyl (C=O) groups is 3. The molecule has 3 amide bonds. The third kappa shape index (κ3) is 4.70. The van der Waals surface area contributed by atoms with Crippen LogP contribution in [-0.2, 0) is 19.1 Å². The second kappa shape index (κ2) is 10.8. The summed E-state index contributed by atoms with van der Waals surface area (Å²) in [7, 11) is 0. The van der Waals surface area contributed by atoms with Gasteiger partial charge in [-0.2, -0.15) is 0 Å². The maximum atomic E-state index is 14.1. The number of benzene rings is 1. The summed E-state index contributed by atoms with van der Waals surface area (Å²) in [5.74, 6) is -2.19. The number of amides is 3. The van der Waals surface area contributed by atoms with Crippen molar-refractivity contribution in [1.29, 1.82) is 0 Å². The predicted octanol–water partition coefficient (Wildman–Crippen LogP) is 3.08. The molecule has 8 nitrogen and oxygen atoms in total. The van der Waals surface area contributed by atoms with Gasteiger partial charge in [-0.25, -0.2) is 0 Å². The quantitative estimate of drug-likeness (QED) is 0.379. The molecule has 2 bridgehead atoms. The molecule has 8 atom stereocenters. The van der Waals surface area contributed by atoms with Gasteiger partial charge in [-0.05, 0) is 44.2 Å². The van der Waals surface area contributed by atoms with Crippen LogP contribution in [0.2, 0.25) is 0 Å². The van der Waals surface area contributed by atoms with Crippen molar-refractivity contribution in [2.45, 2.75) is 88.0 Å². The summed E-state index contributed by atoms with van der Waals surface area (Å²) in [5, 5.41) is 16.3. The summed E-state index contributed by atoms with van der Waals surface area (Å²) >= 11 is 3.69. The minimum absolute atomic E-state index is 0.0666. The number of hydrogen-bond donors (Lipinski definition) is 3. The van der Waals surface area contributed by atoms with Gasteiger partial charge < -0.3 is 25.4 Å². The van der Waals surface area contributed by atoms with Crippen molar-refractivity contribution in [2.24, 2.45) is 17.8 Å². The molecule has 0 saturated carbocycles. The number of aliphatic hydroxyl groups is 1. The molecule has 0 aliphatic carbocycles. The van der Waals surface area contributed by atoms with E-state index in [0.717, 1.165) is 12.8 Å². The number of ether oxygens (including phenoxy) is 1. The van der Waals surface area contributed by atoms with E-state index in [-0.39, 0.29) is 41.1 Å². The Kier molecular flexibility index (Phi) is 8.12. The first kappa shape index (κ1) is 27.1. The van der Waals surface area contributed by atoms with Gasteiger partial charge in [0.05, 0.1) is 30.6 Å². The predicted molar refractivity (Wildman–Crippen MR) is 140 cm³/mol. The van der Waals surface area contributed by atoms with Crippen molar-refractivity contribution in [2.75, 3.05) is 11.9 Å². The van der Waals surface area contributed by atoms with E-state index in [9.17, 15) is 19.5 Å². The fraction of sp³-hybridized carbons (Fsp3) is 0.667. The van der Waals surface area contributed by atoms with E-state index in [1.807, 2.05) is 39.0 Å². The van der Waals surface area contributed by atoms with Crippen molar-refractivity contribution in [3.05, 3.63) is 30.3 Å². The van der Waals surface area contributed by atoms with Crippen molar-refractivity contribution in [1.82, 2.24) is 10.2 Å². The highest BCUT2D eigenvalue weighted by atomic mass is 79.9. The van der Waals surface area contributed by atoms with Crippen LogP contribution < -0.4 is 10.6 Å². The number of likely N-dealkylation sites (tertiary alicyclic amines) is 1. The Morgan fingerprint density at radius 2 is 1.92 bits per heavy atom. The van der Waals surface area contributed by atoms with E-state index in [2.05, 4.69) is 33.5 Å². The van der Waals surface area contributed by atoms with Crippen LogP contribution in [0.25, 0.3) is 0 Å². The number of hydrogen-bond acceptors (Lipinski definition) is 5. The van der Waals surface area contributed by atoms with Crippen LogP contribution in [0.4, 0.5) is 5.69 Å². The van der Waals surface area contributed by atoms with Gasteiger partial charge in [-0.1, -0.05) is 61.3 Å². The van der Waals surface area contributed by atoms with Crippen LogP contribution in [-0.4, -0.2) is 69.0 Å². The maximum Gasteiger partial charge on any atom is 0.246 e. The molecule has 4 unspecified atom stereocenters. The Hall–Kier alpha value is -1.97. The first-order valence-electron chi connectivity index (χ1n) is 13.1. The molecular formula is C27H38BrN3O5. The average molecular weight is 565 g/mol. The lowest BCUT2D eigenvalue weighted by Gasteiger charge is -2.38. The Bertz CT molecular complexity index is 975. The molecular weight excluding hydrogens is 526 g/mol. The zero-order chi connectivity index (χ0) is 26.2. The van der Waals surface area contributed by atoms with Crippen molar-refractivity contribution >= 4 is 39.3 Å². The average Bonchev–Trinajstić information content (AvgIpc) is 3.41. The fourth-order valence-electron chi connectivity index (χ4n) is 6.45. The summed E-state index contributed by atoms with van der Waals surface area (Å²) < 4.78 is 6.53. The number of fused-ring (bicyclic) bond motifs is 1. The van der Waals surface area contributed by atoms with Gasteiger partial charge in [0.25, 0.3) is 0 Å². The number of carbonyl (C=O) groups excluding carboxylic acids is 3. The number of aliphatic hydroxyl groups excluding tert-OH is 1. The molecule has 0 radical (unpaired) electrons. The number of para-hydroxylation sites is 1. The summed E-state index contributed by atoms with van der Waals surface area (Å²) in [6.45, 7) is 7.79. The van der Waals surface area contributed by atoms with Crippen molar-refractivity contribution in [3.63, 3.8) is 0 Å².